The van der Waals surface area contributed by atoms with E-state index >= 15 is 0 Å². The number of nitro benzene ring substituents is 1. The molecule has 2 rings (SSSR count). The van der Waals surface area contributed by atoms with Gasteiger partial charge in [-0.3, -0.25) is 10.1 Å². The van der Waals surface area contributed by atoms with Crippen LogP contribution in [-0.2, 0) is 4.74 Å². The molecule has 1 aliphatic rings. The zero-order chi connectivity index (χ0) is 11.8. The fraction of sp³-hybridized carbons (Fsp3) is 0.400. The standard InChI is InChI=1S/C10H10ClNO4/c1-10(6-16-10)5-15-9-4-7(12(13)14)2-3-8(9)11/h2-4H,5-6H2,1H3. The number of hydrogen-bond donors (Lipinski definition) is 0. The number of epoxide rings is 1. The lowest BCUT2D eigenvalue weighted by atomic mass is 10.2. The summed E-state index contributed by atoms with van der Waals surface area (Å²) in [7, 11) is 0. The number of halogens is 1. The van der Waals surface area contributed by atoms with Crippen LogP contribution in [0.1, 0.15) is 6.92 Å². The first kappa shape index (κ1) is 11.2. The van der Waals surface area contributed by atoms with E-state index in [0.717, 1.165) is 0 Å². The zero-order valence-corrected chi connectivity index (χ0v) is 9.36. The average molecular weight is 244 g/mol. The van der Waals surface area contributed by atoms with Crippen LogP contribution in [0.2, 0.25) is 5.02 Å². The molecule has 16 heavy (non-hydrogen) atoms. The average Bonchev–Trinajstić information content (AvgIpc) is 2.95. The Balaban J connectivity index is 2.12. The number of non-ortho nitro benzene ring substituents is 1. The van der Waals surface area contributed by atoms with E-state index in [4.69, 9.17) is 21.1 Å². The van der Waals surface area contributed by atoms with Gasteiger partial charge in [0.15, 0.2) is 0 Å². The summed E-state index contributed by atoms with van der Waals surface area (Å²) in [5, 5.41) is 10.9. The van der Waals surface area contributed by atoms with Crippen LogP contribution in [0, 0.1) is 10.1 Å². The van der Waals surface area contributed by atoms with Crippen LogP contribution in [0.15, 0.2) is 18.2 Å². The van der Waals surface area contributed by atoms with E-state index in [-0.39, 0.29) is 11.3 Å². The highest BCUT2D eigenvalue weighted by Crippen LogP contribution is 2.32. The molecule has 0 radical (unpaired) electrons. The van der Waals surface area contributed by atoms with Gasteiger partial charge in [-0.15, -0.1) is 0 Å². The summed E-state index contributed by atoms with van der Waals surface area (Å²) in [5.74, 6) is 0.313. The minimum absolute atomic E-state index is 0.0405. The van der Waals surface area contributed by atoms with Gasteiger partial charge in [0.1, 0.15) is 18.0 Å². The quantitative estimate of drug-likeness (QED) is 0.463. The first-order chi connectivity index (χ1) is 7.50. The lowest BCUT2D eigenvalue weighted by Gasteiger charge is -2.09. The number of hydrogen-bond acceptors (Lipinski definition) is 4. The highest BCUT2D eigenvalue weighted by atomic mass is 35.5. The van der Waals surface area contributed by atoms with E-state index in [9.17, 15) is 10.1 Å². The van der Waals surface area contributed by atoms with Crippen molar-refractivity contribution >= 4 is 17.3 Å². The van der Waals surface area contributed by atoms with Crippen molar-refractivity contribution in [2.75, 3.05) is 13.2 Å². The van der Waals surface area contributed by atoms with E-state index < -0.39 is 4.92 Å². The fourth-order valence-electron chi connectivity index (χ4n) is 1.15. The molecular formula is C10H10ClNO4. The first-order valence-corrected chi connectivity index (χ1v) is 5.09. The van der Waals surface area contributed by atoms with Gasteiger partial charge in [0.25, 0.3) is 5.69 Å². The summed E-state index contributed by atoms with van der Waals surface area (Å²) in [6.07, 6.45) is 0. The Morgan fingerprint density at radius 1 is 1.69 bits per heavy atom. The number of ether oxygens (including phenoxy) is 2. The first-order valence-electron chi connectivity index (χ1n) is 4.71. The number of nitrogens with zero attached hydrogens (tertiary/aromatic N) is 1. The van der Waals surface area contributed by atoms with Crippen molar-refractivity contribution in [3.05, 3.63) is 33.3 Å². The maximum absolute atomic E-state index is 10.6. The predicted octanol–water partition coefficient (Wildman–Crippen LogP) is 2.42. The van der Waals surface area contributed by atoms with E-state index in [1.807, 2.05) is 6.92 Å². The smallest absolute Gasteiger partial charge is 0.273 e. The third-order valence-electron chi connectivity index (χ3n) is 2.30. The van der Waals surface area contributed by atoms with Gasteiger partial charge in [0, 0.05) is 6.07 Å². The van der Waals surface area contributed by atoms with Crippen LogP contribution in [0.5, 0.6) is 5.75 Å². The Morgan fingerprint density at radius 2 is 2.38 bits per heavy atom. The normalized spacial score (nSPS) is 22.9. The molecule has 1 atom stereocenters. The van der Waals surface area contributed by atoms with Crippen LogP contribution >= 0.6 is 11.6 Å². The summed E-state index contributed by atoms with van der Waals surface area (Å²) in [6.45, 7) is 2.88. The SMILES string of the molecule is CC1(COc2cc([N+](=O)[O-])ccc2Cl)CO1. The van der Waals surface area contributed by atoms with Gasteiger partial charge in [-0.25, -0.2) is 0 Å². The van der Waals surface area contributed by atoms with Gasteiger partial charge in [0.05, 0.1) is 22.6 Å². The van der Waals surface area contributed by atoms with Crippen molar-refractivity contribution in [3.8, 4) is 5.75 Å². The maximum Gasteiger partial charge on any atom is 0.273 e. The van der Waals surface area contributed by atoms with Crippen LogP contribution in [-0.4, -0.2) is 23.7 Å². The lowest BCUT2D eigenvalue weighted by molar-refractivity contribution is -0.384. The van der Waals surface area contributed by atoms with Crippen molar-refractivity contribution in [2.24, 2.45) is 0 Å². The Bertz CT molecular complexity index is 431. The summed E-state index contributed by atoms with van der Waals surface area (Å²) >= 11 is 5.86. The van der Waals surface area contributed by atoms with E-state index in [1.165, 1.54) is 18.2 Å². The van der Waals surface area contributed by atoms with Crippen LogP contribution in [0.3, 0.4) is 0 Å². The Morgan fingerprint density at radius 3 is 2.94 bits per heavy atom. The second kappa shape index (κ2) is 3.92. The molecule has 5 nitrogen and oxygen atoms in total. The lowest BCUT2D eigenvalue weighted by Crippen LogP contribution is -2.17. The minimum atomic E-state index is -0.488. The molecule has 1 unspecified atom stereocenters. The summed E-state index contributed by atoms with van der Waals surface area (Å²) in [4.78, 5) is 10.1. The Labute approximate surface area is 97.1 Å². The van der Waals surface area contributed by atoms with E-state index in [0.29, 0.717) is 24.0 Å². The summed E-state index contributed by atoms with van der Waals surface area (Å²) in [5.41, 5.74) is -0.310. The van der Waals surface area contributed by atoms with Gasteiger partial charge < -0.3 is 9.47 Å². The third-order valence-corrected chi connectivity index (χ3v) is 2.61. The maximum atomic E-state index is 10.6. The topological polar surface area (TPSA) is 64.9 Å². The van der Waals surface area contributed by atoms with Gasteiger partial charge in [-0.05, 0) is 13.0 Å². The minimum Gasteiger partial charge on any atom is -0.489 e. The molecule has 0 saturated carbocycles. The van der Waals surface area contributed by atoms with E-state index in [1.54, 1.807) is 0 Å². The molecule has 1 saturated heterocycles. The highest BCUT2D eigenvalue weighted by Gasteiger charge is 2.40. The Hall–Kier alpha value is -1.33. The van der Waals surface area contributed by atoms with Crippen LogP contribution in [0.25, 0.3) is 0 Å². The molecule has 1 heterocycles. The number of benzene rings is 1. The molecule has 0 N–H and O–H groups in total. The number of nitro groups is 1. The molecule has 1 fully saturated rings. The number of rotatable bonds is 4. The molecular weight excluding hydrogens is 234 g/mol. The molecule has 86 valence electrons. The van der Waals surface area contributed by atoms with E-state index in [2.05, 4.69) is 0 Å². The molecule has 0 amide bonds. The van der Waals surface area contributed by atoms with Gasteiger partial charge in [-0.1, -0.05) is 11.6 Å². The Kier molecular flexibility index (Phi) is 2.73. The van der Waals surface area contributed by atoms with Crippen molar-refractivity contribution in [2.45, 2.75) is 12.5 Å². The van der Waals surface area contributed by atoms with Crippen LogP contribution < -0.4 is 4.74 Å². The van der Waals surface area contributed by atoms with Crippen molar-refractivity contribution < 1.29 is 14.4 Å². The summed E-state index contributed by atoms with van der Waals surface area (Å²) < 4.78 is 10.5. The molecule has 1 aliphatic heterocycles. The second-order valence-electron chi connectivity index (χ2n) is 3.90. The van der Waals surface area contributed by atoms with Crippen molar-refractivity contribution in [1.29, 1.82) is 0 Å². The zero-order valence-electron chi connectivity index (χ0n) is 8.60. The summed E-state index contributed by atoms with van der Waals surface area (Å²) in [6, 6.07) is 4.10. The third kappa shape index (κ3) is 2.43. The molecule has 0 aromatic heterocycles. The fourth-order valence-corrected chi connectivity index (χ4v) is 1.33. The molecule has 0 spiro atoms. The molecule has 0 aliphatic carbocycles. The largest absolute Gasteiger partial charge is 0.489 e. The van der Waals surface area contributed by atoms with Gasteiger partial charge in [0.2, 0.25) is 0 Å². The highest BCUT2D eigenvalue weighted by molar-refractivity contribution is 6.32. The van der Waals surface area contributed by atoms with Crippen LogP contribution in [0.4, 0.5) is 5.69 Å². The molecule has 1 aromatic rings. The van der Waals surface area contributed by atoms with Gasteiger partial charge >= 0.3 is 0 Å². The predicted molar refractivity (Wildman–Crippen MR) is 58.0 cm³/mol. The second-order valence-corrected chi connectivity index (χ2v) is 4.31. The van der Waals surface area contributed by atoms with Crippen molar-refractivity contribution in [1.82, 2.24) is 0 Å². The molecule has 6 heteroatoms. The molecule has 1 aromatic carbocycles. The van der Waals surface area contributed by atoms with Crippen molar-refractivity contribution in [3.63, 3.8) is 0 Å². The monoisotopic (exact) mass is 243 g/mol. The molecule has 0 bridgehead atoms. The van der Waals surface area contributed by atoms with Gasteiger partial charge in [-0.2, -0.15) is 0 Å².